The summed E-state index contributed by atoms with van der Waals surface area (Å²) < 4.78 is 1.81. The molecule has 0 aliphatic carbocycles. The SMILES string of the molecule is CCCn1ncnc1[C@@H](C)NC(=O)c1ccc(-c2ccc(C(N)=O)s2)cc1. The van der Waals surface area contributed by atoms with Crippen molar-refractivity contribution in [3.8, 4) is 10.4 Å². The van der Waals surface area contributed by atoms with E-state index in [9.17, 15) is 9.59 Å². The summed E-state index contributed by atoms with van der Waals surface area (Å²) in [5.41, 5.74) is 6.78. The highest BCUT2D eigenvalue weighted by Gasteiger charge is 2.16. The summed E-state index contributed by atoms with van der Waals surface area (Å²) in [6.07, 6.45) is 2.45. The van der Waals surface area contributed by atoms with Crippen LogP contribution in [-0.4, -0.2) is 26.6 Å². The number of aryl methyl sites for hydroxylation is 1. The molecule has 0 fully saturated rings. The second-order valence-electron chi connectivity index (χ2n) is 6.14. The van der Waals surface area contributed by atoms with Crippen LogP contribution in [0.15, 0.2) is 42.7 Å². The fourth-order valence-electron chi connectivity index (χ4n) is 2.75. The van der Waals surface area contributed by atoms with E-state index in [1.807, 2.05) is 25.1 Å². The van der Waals surface area contributed by atoms with E-state index in [2.05, 4.69) is 22.3 Å². The number of hydrogen-bond acceptors (Lipinski definition) is 5. The van der Waals surface area contributed by atoms with Crippen molar-refractivity contribution in [2.45, 2.75) is 32.9 Å². The number of aromatic nitrogens is 3. The van der Waals surface area contributed by atoms with Gasteiger partial charge in [-0.15, -0.1) is 11.3 Å². The molecule has 0 saturated heterocycles. The van der Waals surface area contributed by atoms with Gasteiger partial charge in [-0.05, 0) is 43.2 Å². The molecule has 2 aromatic heterocycles. The van der Waals surface area contributed by atoms with Crippen LogP contribution in [0.4, 0.5) is 0 Å². The van der Waals surface area contributed by atoms with E-state index < -0.39 is 5.91 Å². The number of thiophene rings is 1. The molecule has 0 radical (unpaired) electrons. The number of hydrogen-bond donors (Lipinski definition) is 2. The zero-order valence-corrected chi connectivity index (χ0v) is 16.0. The van der Waals surface area contributed by atoms with Gasteiger partial charge in [0.05, 0.1) is 10.9 Å². The fraction of sp³-hybridized carbons (Fsp3) is 0.263. The van der Waals surface area contributed by atoms with Crippen LogP contribution < -0.4 is 11.1 Å². The van der Waals surface area contributed by atoms with Gasteiger partial charge in [0.1, 0.15) is 12.2 Å². The predicted molar refractivity (Wildman–Crippen MR) is 104 cm³/mol. The number of carbonyl (C=O) groups is 2. The van der Waals surface area contributed by atoms with Crippen LogP contribution in [0.1, 0.15) is 52.2 Å². The van der Waals surface area contributed by atoms with Gasteiger partial charge >= 0.3 is 0 Å². The maximum Gasteiger partial charge on any atom is 0.258 e. The van der Waals surface area contributed by atoms with E-state index in [-0.39, 0.29) is 11.9 Å². The maximum atomic E-state index is 12.5. The quantitative estimate of drug-likeness (QED) is 0.654. The maximum absolute atomic E-state index is 12.5. The molecule has 2 amide bonds. The Morgan fingerprint density at radius 3 is 2.59 bits per heavy atom. The lowest BCUT2D eigenvalue weighted by Crippen LogP contribution is -2.29. The monoisotopic (exact) mass is 383 g/mol. The van der Waals surface area contributed by atoms with Crippen molar-refractivity contribution >= 4 is 23.2 Å². The minimum Gasteiger partial charge on any atom is -0.365 e. The van der Waals surface area contributed by atoms with E-state index in [4.69, 9.17) is 5.73 Å². The summed E-state index contributed by atoms with van der Waals surface area (Å²) in [7, 11) is 0. The number of nitrogens with zero attached hydrogens (tertiary/aromatic N) is 3. The molecule has 1 aromatic carbocycles. The zero-order chi connectivity index (χ0) is 19.4. The Labute approximate surface area is 161 Å². The van der Waals surface area contributed by atoms with E-state index in [0.717, 1.165) is 29.2 Å². The smallest absolute Gasteiger partial charge is 0.258 e. The number of amides is 2. The van der Waals surface area contributed by atoms with Crippen molar-refractivity contribution in [3.63, 3.8) is 0 Å². The average Bonchev–Trinajstić information content (AvgIpc) is 3.32. The normalized spacial score (nSPS) is 11.9. The number of primary amides is 1. The van der Waals surface area contributed by atoms with Gasteiger partial charge in [-0.3, -0.25) is 9.59 Å². The van der Waals surface area contributed by atoms with Gasteiger partial charge in [0.2, 0.25) is 0 Å². The lowest BCUT2D eigenvalue weighted by atomic mass is 10.1. The highest BCUT2D eigenvalue weighted by molar-refractivity contribution is 7.17. The Kier molecular flexibility index (Phi) is 5.66. The Morgan fingerprint density at radius 2 is 1.96 bits per heavy atom. The molecule has 0 aliphatic rings. The number of carbonyl (C=O) groups excluding carboxylic acids is 2. The lowest BCUT2D eigenvalue weighted by molar-refractivity contribution is 0.0936. The van der Waals surface area contributed by atoms with Gasteiger partial charge in [0.25, 0.3) is 11.8 Å². The van der Waals surface area contributed by atoms with E-state index in [1.54, 1.807) is 22.9 Å². The van der Waals surface area contributed by atoms with Crippen molar-refractivity contribution in [3.05, 3.63) is 59.0 Å². The van der Waals surface area contributed by atoms with Crippen LogP contribution in [0.25, 0.3) is 10.4 Å². The first-order valence-corrected chi connectivity index (χ1v) is 9.50. The van der Waals surface area contributed by atoms with Crippen molar-refractivity contribution in [2.24, 2.45) is 5.73 Å². The number of benzene rings is 1. The fourth-order valence-corrected chi connectivity index (χ4v) is 3.61. The zero-order valence-electron chi connectivity index (χ0n) is 15.2. The molecule has 0 saturated carbocycles. The van der Waals surface area contributed by atoms with Crippen LogP contribution in [0, 0.1) is 0 Å². The molecular weight excluding hydrogens is 362 g/mol. The molecule has 2 heterocycles. The molecule has 0 spiro atoms. The van der Waals surface area contributed by atoms with Crippen molar-refractivity contribution in [1.82, 2.24) is 20.1 Å². The molecule has 0 bridgehead atoms. The second kappa shape index (κ2) is 8.13. The Bertz CT molecular complexity index is 945. The largest absolute Gasteiger partial charge is 0.365 e. The average molecular weight is 383 g/mol. The van der Waals surface area contributed by atoms with Gasteiger partial charge in [-0.25, -0.2) is 9.67 Å². The molecule has 140 valence electrons. The lowest BCUT2D eigenvalue weighted by Gasteiger charge is -2.14. The summed E-state index contributed by atoms with van der Waals surface area (Å²) in [6, 6.07) is 10.5. The summed E-state index contributed by atoms with van der Waals surface area (Å²) in [4.78, 5) is 29.4. The van der Waals surface area contributed by atoms with E-state index in [1.165, 1.54) is 17.7 Å². The predicted octanol–water partition coefficient (Wildman–Crippen LogP) is 3.01. The van der Waals surface area contributed by atoms with Gasteiger partial charge in [0.15, 0.2) is 0 Å². The molecule has 8 heteroatoms. The first-order valence-electron chi connectivity index (χ1n) is 8.68. The summed E-state index contributed by atoms with van der Waals surface area (Å²) >= 11 is 1.33. The van der Waals surface area contributed by atoms with Crippen molar-refractivity contribution in [2.75, 3.05) is 0 Å². The molecule has 27 heavy (non-hydrogen) atoms. The number of nitrogens with two attached hydrogens (primary N) is 1. The van der Waals surface area contributed by atoms with Gasteiger partial charge < -0.3 is 11.1 Å². The third-order valence-corrected chi connectivity index (χ3v) is 5.25. The molecule has 3 rings (SSSR count). The van der Waals surface area contributed by atoms with Crippen molar-refractivity contribution < 1.29 is 9.59 Å². The topological polar surface area (TPSA) is 103 Å². The minimum absolute atomic E-state index is 0.177. The highest BCUT2D eigenvalue weighted by Crippen LogP contribution is 2.28. The van der Waals surface area contributed by atoms with Gasteiger partial charge in [0, 0.05) is 17.0 Å². The van der Waals surface area contributed by atoms with Crippen LogP contribution >= 0.6 is 11.3 Å². The molecule has 7 nitrogen and oxygen atoms in total. The minimum atomic E-state index is -0.438. The standard InChI is InChI=1S/C19H21N5O2S/c1-3-10-24-18(21-11-22-24)12(2)23-19(26)14-6-4-13(5-7-14)15-8-9-16(27-15)17(20)25/h4-9,11-12H,3,10H2,1-2H3,(H2,20,25)(H,23,26)/t12-/m1/s1. The molecule has 3 N–H and O–H groups in total. The Hall–Kier alpha value is -3.00. The summed E-state index contributed by atoms with van der Waals surface area (Å²) in [5.74, 6) is 0.121. The van der Waals surface area contributed by atoms with Crippen LogP contribution in [0.2, 0.25) is 0 Å². The first kappa shape index (κ1) is 18.8. The van der Waals surface area contributed by atoms with E-state index in [0.29, 0.717) is 10.4 Å². The Balaban J connectivity index is 1.69. The van der Waals surface area contributed by atoms with Crippen molar-refractivity contribution in [1.29, 1.82) is 0 Å². The van der Waals surface area contributed by atoms with Crippen LogP contribution in [0.3, 0.4) is 0 Å². The van der Waals surface area contributed by atoms with Gasteiger partial charge in [-0.2, -0.15) is 5.10 Å². The Morgan fingerprint density at radius 1 is 1.22 bits per heavy atom. The second-order valence-corrected chi connectivity index (χ2v) is 7.23. The third-order valence-electron chi connectivity index (χ3n) is 4.10. The first-order chi connectivity index (χ1) is 13.0. The molecule has 1 atom stereocenters. The molecule has 0 aliphatic heterocycles. The summed E-state index contributed by atoms with van der Waals surface area (Å²) in [6.45, 7) is 4.72. The summed E-state index contributed by atoms with van der Waals surface area (Å²) in [5, 5.41) is 7.14. The number of nitrogens with one attached hydrogen (secondary N) is 1. The molecular formula is C19H21N5O2S. The van der Waals surface area contributed by atoms with Crippen LogP contribution in [-0.2, 0) is 6.54 Å². The van der Waals surface area contributed by atoms with Crippen LogP contribution in [0.5, 0.6) is 0 Å². The highest BCUT2D eigenvalue weighted by atomic mass is 32.1. The van der Waals surface area contributed by atoms with Gasteiger partial charge in [-0.1, -0.05) is 19.1 Å². The number of rotatable bonds is 7. The molecule has 0 unspecified atom stereocenters. The van der Waals surface area contributed by atoms with E-state index >= 15 is 0 Å². The third kappa shape index (κ3) is 4.22. The molecule has 3 aromatic rings.